The molecule has 0 aliphatic carbocycles. The van der Waals surface area contributed by atoms with E-state index in [2.05, 4.69) is 15.5 Å². The quantitative estimate of drug-likeness (QED) is 0.839. The van der Waals surface area contributed by atoms with Crippen LogP contribution in [0, 0.1) is 6.92 Å². The molecule has 24 heavy (non-hydrogen) atoms. The minimum absolute atomic E-state index is 0.392. The standard InChI is InChI=1S/C17H24N4O2S/c1-14-16(13-19-20-14)12-18-11-15-6-5-7-17(10-15)24(22,23)21-8-3-2-4-9-21/h5-7,10,13,18H,2-4,8-9,11-12H2,1H3,(H,19,20). The van der Waals surface area contributed by atoms with Gasteiger partial charge in [-0.25, -0.2) is 8.42 Å². The molecule has 6 nitrogen and oxygen atoms in total. The van der Waals surface area contributed by atoms with Crippen molar-refractivity contribution >= 4 is 10.0 Å². The van der Waals surface area contributed by atoms with Gasteiger partial charge in [-0.2, -0.15) is 9.40 Å². The lowest BCUT2D eigenvalue weighted by atomic mass is 10.2. The van der Waals surface area contributed by atoms with Crippen molar-refractivity contribution in [3.63, 3.8) is 0 Å². The van der Waals surface area contributed by atoms with Crippen LogP contribution in [0.3, 0.4) is 0 Å². The van der Waals surface area contributed by atoms with Gasteiger partial charge in [0.05, 0.1) is 11.1 Å². The van der Waals surface area contributed by atoms with Crippen molar-refractivity contribution < 1.29 is 8.42 Å². The minimum Gasteiger partial charge on any atom is -0.308 e. The maximum absolute atomic E-state index is 12.7. The second-order valence-corrected chi connectivity index (χ2v) is 8.17. The van der Waals surface area contributed by atoms with Crippen LogP contribution >= 0.6 is 0 Å². The Labute approximate surface area is 143 Å². The molecule has 0 spiro atoms. The molecule has 1 aliphatic rings. The molecule has 1 fully saturated rings. The fourth-order valence-electron chi connectivity index (χ4n) is 2.97. The monoisotopic (exact) mass is 348 g/mol. The number of H-pyrrole nitrogens is 1. The zero-order chi connectivity index (χ0) is 17.0. The minimum atomic E-state index is -3.37. The number of aryl methyl sites for hydroxylation is 1. The van der Waals surface area contributed by atoms with Gasteiger partial charge in [0.25, 0.3) is 0 Å². The molecule has 0 amide bonds. The fourth-order valence-corrected chi connectivity index (χ4v) is 4.55. The summed E-state index contributed by atoms with van der Waals surface area (Å²) in [5.41, 5.74) is 3.13. The molecule has 0 bridgehead atoms. The van der Waals surface area contributed by atoms with Crippen LogP contribution in [0.2, 0.25) is 0 Å². The Morgan fingerprint density at radius 3 is 2.71 bits per heavy atom. The van der Waals surface area contributed by atoms with Crippen LogP contribution in [0.1, 0.15) is 36.1 Å². The topological polar surface area (TPSA) is 78.1 Å². The molecule has 2 heterocycles. The van der Waals surface area contributed by atoms with Gasteiger partial charge in [0.2, 0.25) is 10.0 Å². The second-order valence-electron chi connectivity index (χ2n) is 6.24. The number of sulfonamides is 1. The number of hydrogen-bond acceptors (Lipinski definition) is 4. The average molecular weight is 348 g/mol. The van der Waals surface area contributed by atoms with Gasteiger partial charge in [-0.15, -0.1) is 0 Å². The Morgan fingerprint density at radius 2 is 2.00 bits per heavy atom. The van der Waals surface area contributed by atoms with Crippen LogP contribution in [0.5, 0.6) is 0 Å². The number of hydrogen-bond donors (Lipinski definition) is 2. The number of aromatic amines is 1. The van der Waals surface area contributed by atoms with Crippen LogP contribution in [0.25, 0.3) is 0 Å². The first-order valence-electron chi connectivity index (χ1n) is 8.36. The molecule has 130 valence electrons. The zero-order valence-electron chi connectivity index (χ0n) is 14.0. The lowest BCUT2D eigenvalue weighted by Crippen LogP contribution is -2.35. The number of nitrogens with one attached hydrogen (secondary N) is 2. The van der Waals surface area contributed by atoms with E-state index < -0.39 is 10.0 Å². The van der Waals surface area contributed by atoms with Gasteiger partial charge in [-0.05, 0) is 37.5 Å². The van der Waals surface area contributed by atoms with Gasteiger partial charge in [0.1, 0.15) is 0 Å². The maximum atomic E-state index is 12.7. The second kappa shape index (κ2) is 7.46. The third-order valence-electron chi connectivity index (χ3n) is 4.43. The first-order valence-corrected chi connectivity index (χ1v) is 9.80. The third-order valence-corrected chi connectivity index (χ3v) is 6.32. The largest absolute Gasteiger partial charge is 0.308 e. The number of piperidine rings is 1. The van der Waals surface area contributed by atoms with Crippen molar-refractivity contribution in [2.24, 2.45) is 0 Å². The summed E-state index contributed by atoms with van der Waals surface area (Å²) in [5.74, 6) is 0. The van der Waals surface area contributed by atoms with E-state index in [1.165, 1.54) is 0 Å². The molecule has 0 atom stereocenters. The molecule has 2 aromatic rings. The summed E-state index contributed by atoms with van der Waals surface area (Å²) >= 11 is 0. The predicted molar refractivity (Wildman–Crippen MR) is 92.9 cm³/mol. The first kappa shape index (κ1) is 17.1. The third kappa shape index (κ3) is 3.85. The van der Waals surface area contributed by atoms with E-state index in [4.69, 9.17) is 0 Å². The SMILES string of the molecule is Cc1[nH]ncc1CNCc1cccc(S(=O)(=O)N2CCCCC2)c1. The molecule has 1 aliphatic heterocycles. The number of nitrogens with zero attached hydrogens (tertiary/aromatic N) is 2. The smallest absolute Gasteiger partial charge is 0.243 e. The molecule has 3 rings (SSSR count). The molecule has 0 radical (unpaired) electrons. The Bertz CT molecular complexity index is 779. The van der Waals surface area contributed by atoms with Crippen molar-refractivity contribution in [3.05, 3.63) is 47.3 Å². The molecular weight excluding hydrogens is 324 g/mol. The van der Waals surface area contributed by atoms with Gasteiger partial charge in [0, 0.05) is 37.4 Å². The highest BCUT2D eigenvalue weighted by Gasteiger charge is 2.25. The van der Waals surface area contributed by atoms with Crippen LogP contribution < -0.4 is 5.32 Å². The van der Waals surface area contributed by atoms with Gasteiger partial charge in [0.15, 0.2) is 0 Å². The highest BCUT2D eigenvalue weighted by Crippen LogP contribution is 2.21. The molecule has 0 unspecified atom stereocenters. The summed E-state index contributed by atoms with van der Waals surface area (Å²) in [6.07, 6.45) is 4.82. The van der Waals surface area contributed by atoms with E-state index >= 15 is 0 Å². The predicted octanol–water partition coefficient (Wildman–Crippen LogP) is 2.18. The van der Waals surface area contributed by atoms with E-state index in [0.29, 0.717) is 31.1 Å². The molecule has 1 saturated heterocycles. The maximum Gasteiger partial charge on any atom is 0.243 e. The molecule has 1 aromatic heterocycles. The molecule has 0 saturated carbocycles. The number of benzene rings is 1. The van der Waals surface area contributed by atoms with Crippen LogP contribution in [0.4, 0.5) is 0 Å². The fraction of sp³-hybridized carbons (Fsp3) is 0.471. The summed E-state index contributed by atoms with van der Waals surface area (Å²) in [6.45, 7) is 4.56. The summed E-state index contributed by atoms with van der Waals surface area (Å²) in [5, 5.41) is 10.2. The van der Waals surface area contributed by atoms with Crippen molar-refractivity contribution in [2.45, 2.75) is 44.2 Å². The van der Waals surface area contributed by atoms with Gasteiger partial charge < -0.3 is 5.32 Å². The zero-order valence-corrected chi connectivity index (χ0v) is 14.8. The normalized spacial score (nSPS) is 16.4. The molecule has 1 aromatic carbocycles. The van der Waals surface area contributed by atoms with Gasteiger partial charge in [-0.1, -0.05) is 18.6 Å². The summed E-state index contributed by atoms with van der Waals surface area (Å²) < 4.78 is 27.1. The van der Waals surface area contributed by atoms with Gasteiger partial charge >= 0.3 is 0 Å². The van der Waals surface area contributed by atoms with Gasteiger partial charge in [-0.3, -0.25) is 5.10 Å². The molecule has 7 heteroatoms. The summed E-state index contributed by atoms with van der Waals surface area (Å²) in [4.78, 5) is 0.392. The highest BCUT2D eigenvalue weighted by molar-refractivity contribution is 7.89. The molecular formula is C17H24N4O2S. The van der Waals surface area contributed by atoms with Crippen LogP contribution in [0.15, 0.2) is 35.4 Å². The molecule has 2 N–H and O–H groups in total. The van der Waals surface area contributed by atoms with E-state index in [-0.39, 0.29) is 0 Å². The Morgan fingerprint density at radius 1 is 1.21 bits per heavy atom. The Kier molecular flexibility index (Phi) is 5.33. The van der Waals surface area contributed by atoms with Crippen molar-refractivity contribution in [1.29, 1.82) is 0 Å². The lowest BCUT2D eigenvalue weighted by Gasteiger charge is -2.26. The van der Waals surface area contributed by atoms with Crippen LogP contribution in [-0.4, -0.2) is 36.0 Å². The van der Waals surface area contributed by atoms with Crippen LogP contribution in [-0.2, 0) is 23.1 Å². The average Bonchev–Trinajstić information content (AvgIpc) is 3.01. The summed E-state index contributed by atoms with van der Waals surface area (Å²) in [6, 6.07) is 7.23. The first-order chi connectivity index (χ1) is 11.6. The van der Waals surface area contributed by atoms with Crippen molar-refractivity contribution in [1.82, 2.24) is 19.8 Å². The summed E-state index contributed by atoms with van der Waals surface area (Å²) in [7, 11) is -3.37. The number of rotatable bonds is 6. The van der Waals surface area contributed by atoms with E-state index in [1.807, 2.05) is 19.1 Å². The van der Waals surface area contributed by atoms with E-state index in [0.717, 1.165) is 36.1 Å². The Balaban J connectivity index is 1.66. The number of aromatic nitrogens is 2. The van der Waals surface area contributed by atoms with E-state index in [1.54, 1.807) is 22.6 Å². The Hall–Kier alpha value is -1.70. The van der Waals surface area contributed by atoms with E-state index in [9.17, 15) is 8.42 Å². The highest BCUT2D eigenvalue weighted by atomic mass is 32.2. The van der Waals surface area contributed by atoms with Crippen molar-refractivity contribution in [2.75, 3.05) is 13.1 Å². The van der Waals surface area contributed by atoms with Crippen molar-refractivity contribution in [3.8, 4) is 0 Å². The lowest BCUT2D eigenvalue weighted by molar-refractivity contribution is 0.346.